The number of ketones is 1. The van der Waals surface area contributed by atoms with Gasteiger partial charge in [0.05, 0.1) is 5.02 Å². The van der Waals surface area contributed by atoms with Crippen molar-refractivity contribution < 1.29 is 9.59 Å². The highest BCUT2D eigenvalue weighted by molar-refractivity contribution is 6.33. The van der Waals surface area contributed by atoms with Crippen molar-refractivity contribution in [2.24, 2.45) is 23.2 Å². The summed E-state index contributed by atoms with van der Waals surface area (Å²) >= 11 is 6.28. The standard InChI is InChI=1S/C24H28ClNO2/c1-23(2)12-17-7-20(25)18(13-27)6-19(17)21(26-23)8-22(28)24-9-14-3-15(10-24)5-16(4-14)11-24/h6-8,13-16,26H,3-5,9-12H2,1-2H3/b21-8-. The zero-order chi connectivity index (χ0) is 19.7. The van der Waals surface area contributed by atoms with Crippen LogP contribution >= 0.6 is 11.6 Å². The Balaban J connectivity index is 1.54. The van der Waals surface area contributed by atoms with E-state index in [0.29, 0.717) is 16.4 Å². The first kappa shape index (κ1) is 18.4. The van der Waals surface area contributed by atoms with Crippen LogP contribution in [0.1, 0.15) is 73.9 Å². The molecule has 4 aliphatic carbocycles. The molecule has 0 atom stereocenters. The van der Waals surface area contributed by atoms with E-state index in [9.17, 15) is 9.59 Å². The molecule has 0 amide bonds. The van der Waals surface area contributed by atoms with Crippen molar-refractivity contribution in [3.63, 3.8) is 0 Å². The number of aldehydes is 1. The first-order chi connectivity index (χ1) is 13.3. The Morgan fingerprint density at radius 3 is 2.29 bits per heavy atom. The molecule has 4 fully saturated rings. The van der Waals surface area contributed by atoms with E-state index in [2.05, 4.69) is 19.2 Å². The van der Waals surface area contributed by atoms with Gasteiger partial charge in [-0.3, -0.25) is 9.59 Å². The van der Waals surface area contributed by atoms with Gasteiger partial charge in [-0.15, -0.1) is 0 Å². The highest BCUT2D eigenvalue weighted by Crippen LogP contribution is 2.60. The normalized spacial score (nSPS) is 36.1. The van der Waals surface area contributed by atoms with Gasteiger partial charge < -0.3 is 5.32 Å². The number of nitrogens with one attached hydrogen (secondary N) is 1. The van der Waals surface area contributed by atoms with Gasteiger partial charge in [-0.05, 0) is 94.2 Å². The number of hydrogen-bond acceptors (Lipinski definition) is 3. The summed E-state index contributed by atoms with van der Waals surface area (Å²) in [5, 5.41) is 4.05. The van der Waals surface area contributed by atoms with Crippen LogP contribution in [-0.2, 0) is 11.2 Å². The Labute approximate surface area is 171 Å². The lowest BCUT2D eigenvalue weighted by Crippen LogP contribution is -2.50. The zero-order valence-electron chi connectivity index (χ0n) is 16.7. The average molecular weight is 398 g/mol. The predicted molar refractivity (Wildman–Crippen MR) is 111 cm³/mol. The molecule has 1 aromatic rings. The van der Waals surface area contributed by atoms with E-state index in [1.165, 1.54) is 19.3 Å². The fourth-order valence-corrected chi connectivity index (χ4v) is 7.11. The number of benzene rings is 1. The number of fused-ring (bicyclic) bond motifs is 1. The fourth-order valence-electron chi connectivity index (χ4n) is 6.88. The number of halogens is 1. The molecule has 148 valence electrons. The molecule has 1 N–H and O–H groups in total. The molecule has 28 heavy (non-hydrogen) atoms. The van der Waals surface area contributed by atoms with Crippen molar-refractivity contribution in [2.75, 3.05) is 0 Å². The summed E-state index contributed by atoms with van der Waals surface area (Å²) in [7, 11) is 0. The van der Waals surface area contributed by atoms with Crippen LogP contribution in [0.4, 0.5) is 0 Å². The van der Waals surface area contributed by atoms with Gasteiger partial charge >= 0.3 is 0 Å². The third-order valence-electron chi connectivity index (χ3n) is 7.58. The average Bonchev–Trinajstić information content (AvgIpc) is 2.59. The molecule has 0 unspecified atom stereocenters. The molecule has 4 saturated carbocycles. The number of carbonyl (C=O) groups is 2. The maximum absolute atomic E-state index is 13.6. The maximum atomic E-state index is 13.6. The summed E-state index contributed by atoms with van der Waals surface area (Å²) in [4.78, 5) is 25.0. The minimum atomic E-state index is -0.160. The number of rotatable bonds is 3. The highest BCUT2D eigenvalue weighted by atomic mass is 35.5. The molecular weight excluding hydrogens is 370 g/mol. The third-order valence-corrected chi connectivity index (χ3v) is 7.91. The second-order valence-electron chi connectivity index (χ2n) is 10.5. The first-order valence-electron chi connectivity index (χ1n) is 10.6. The van der Waals surface area contributed by atoms with Crippen molar-refractivity contribution in [3.8, 4) is 0 Å². The summed E-state index contributed by atoms with van der Waals surface area (Å²) < 4.78 is 0. The number of carbonyl (C=O) groups excluding carboxylic acids is 2. The van der Waals surface area contributed by atoms with Crippen molar-refractivity contribution in [2.45, 2.75) is 64.3 Å². The summed E-state index contributed by atoms with van der Waals surface area (Å²) in [5.74, 6) is 2.53. The van der Waals surface area contributed by atoms with E-state index in [-0.39, 0.29) is 11.0 Å². The molecular formula is C24H28ClNO2. The van der Waals surface area contributed by atoms with Crippen LogP contribution in [0, 0.1) is 23.2 Å². The lowest BCUT2D eigenvalue weighted by Gasteiger charge is -2.55. The first-order valence-corrected chi connectivity index (χ1v) is 11.0. The van der Waals surface area contributed by atoms with E-state index in [4.69, 9.17) is 11.6 Å². The lowest BCUT2D eigenvalue weighted by atomic mass is 9.48. The Bertz CT molecular complexity index is 863. The van der Waals surface area contributed by atoms with E-state index >= 15 is 0 Å². The molecule has 4 bridgehead atoms. The molecule has 5 aliphatic rings. The number of hydrogen-bond donors (Lipinski definition) is 1. The molecule has 3 nitrogen and oxygen atoms in total. The predicted octanol–water partition coefficient (Wildman–Crippen LogP) is 5.20. The monoisotopic (exact) mass is 397 g/mol. The number of allylic oxidation sites excluding steroid dienone is 1. The molecule has 4 heteroatoms. The van der Waals surface area contributed by atoms with Crippen molar-refractivity contribution in [1.82, 2.24) is 5.32 Å². The smallest absolute Gasteiger partial charge is 0.163 e. The molecule has 6 rings (SSSR count). The summed E-state index contributed by atoms with van der Waals surface area (Å²) in [5.41, 5.74) is 3.08. The second-order valence-corrected chi connectivity index (χ2v) is 10.9. The van der Waals surface area contributed by atoms with Crippen molar-refractivity contribution >= 4 is 29.4 Å². The van der Waals surface area contributed by atoms with Gasteiger partial charge in [0.2, 0.25) is 0 Å². The van der Waals surface area contributed by atoms with E-state index in [1.54, 1.807) is 0 Å². The van der Waals surface area contributed by atoms with E-state index < -0.39 is 0 Å². The Hall–Kier alpha value is -1.61. The molecule has 0 aromatic heterocycles. The molecule has 0 saturated heterocycles. The topological polar surface area (TPSA) is 46.2 Å². The van der Waals surface area contributed by atoms with Gasteiger partial charge in [0.25, 0.3) is 0 Å². The highest BCUT2D eigenvalue weighted by Gasteiger charge is 2.54. The van der Waals surface area contributed by atoms with Crippen LogP contribution in [0.5, 0.6) is 0 Å². The van der Waals surface area contributed by atoms with Gasteiger partial charge in [0.15, 0.2) is 12.1 Å². The van der Waals surface area contributed by atoms with Crippen LogP contribution in [0.2, 0.25) is 5.02 Å². The largest absolute Gasteiger partial charge is 0.379 e. The van der Waals surface area contributed by atoms with Gasteiger partial charge in [-0.2, -0.15) is 0 Å². The van der Waals surface area contributed by atoms with Gasteiger partial charge in [0.1, 0.15) is 0 Å². The van der Waals surface area contributed by atoms with Gasteiger partial charge in [0, 0.05) is 33.9 Å². The fraction of sp³-hybridized carbons (Fsp3) is 0.583. The van der Waals surface area contributed by atoms with E-state index in [1.807, 2.05) is 18.2 Å². The summed E-state index contributed by atoms with van der Waals surface area (Å²) in [6.07, 6.45) is 10.7. The zero-order valence-corrected chi connectivity index (χ0v) is 17.4. The second kappa shape index (κ2) is 6.19. The Morgan fingerprint density at radius 2 is 1.71 bits per heavy atom. The van der Waals surface area contributed by atoms with Gasteiger partial charge in [-0.25, -0.2) is 0 Å². The molecule has 0 spiro atoms. The van der Waals surface area contributed by atoms with Crippen LogP contribution in [-0.4, -0.2) is 17.6 Å². The Morgan fingerprint density at radius 1 is 1.11 bits per heavy atom. The van der Waals surface area contributed by atoms with Crippen LogP contribution in [0.15, 0.2) is 18.2 Å². The van der Waals surface area contributed by atoms with E-state index in [0.717, 1.165) is 66.5 Å². The van der Waals surface area contributed by atoms with Crippen LogP contribution in [0.25, 0.3) is 5.70 Å². The minimum Gasteiger partial charge on any atom is -0.379 e. The van der Waals surface area contributed by atoms with Crippen LogP contribution < -0.4 is 5.32 Å². The summed E-state index contributed by atoms with van der Waals surface area (Å²) in [6.45, 7) is 4.28. The van der Waals surface area contributed by atoms with Crippen LogP contribution in [0.3, 0.4) is 0 Å². The lowest BCUT2D eigenvalue weighted by molar-refractivity contribution is -0.138. The van der Waals surface area contributed by atoms with Crippen molar-refractivity contribution in [3.05, 3.63) is 39.9 Å². The SMILES string of the molecule is CC1(C)Cc2cc(Cl)c(C=O)cc2/C(=C/C(=O)C23CC4CC(CC(C4)C2)C3)N1. The molecule has 1 aromatic carbocycles. The quantitative estimate of drug-likeness (QED) is 0.563. The molecule has 0 radical (unpaired) electrons. The third kappa shape index (κ3) is 2.94. The van der Waals surface area contributed by atoms with Gasteiger partial charge in [-0.1, -0.05) is 11.6 Å². The molecule has 1 aliphatic heterocycles. The maximum Gasteiger partial charge on any atom is 0.163 e. The molecule has 1 heterocycles. The Kier molecular flexibility index (Phi) is 4.07. The van der Waals surface area contributed by atoms with Crippen molar-refractivity contribution in [1.29, 1.82) is 0 Å². The minimum absolute atomic E-state index is 0.148. The summed E-state index contributed by atoms with van der Waals surface area (Å²) in [6, 6.07) is 3.73.